The molecule has 0 amide bonds. The minimum absolute atomic E-state index is 0.518. The van der Waals surface area contributed by atoms with Crippen LogP contribution in [0.5, 0.6) is 5.75 Å². The van der Waals surface area contributed by atoms with E-state index in [4.69, 9.17) is 10.5 Å². The highest BCUT2D eigenvalue weighted by Gasteiger charge is 2.02. The quantitative estimate of drug-likeness (QED) is 0.484. The summed E-state index contributed by atoms with van der Waals surface area (Å²) in [6.07, 6.45) is 0. The highest BCUT2D eigenvalue weighted by atomic mass is 79.9. The van der Waals surface area contributed by atoms with Crippen molar-refractivity contribution in [3.63, 3.8) is 0 Å². The summed E-state index contributed by atoms with van der Waals surface area (Å²) >= 11 is 3.48. The van der Waals surface area contributed by atoms with E-state index in [0.29, 0.717) is 19.1 Å². The van der Waals surface area contributed by atoms with Crippen LogP contribution < -0.4 is 10.5 Å². The van der Waals surface area contributed by atoms with E-state index in [9.17, 15) is 0 Å². The third kappa shape index (κ3) is 4.37. The molecule has 0 bridgehead atoms. The van der Waals surface area contributed by atoms with E-state index in [1.165, 1.54) is 5.39 Å². The Morgan fingerprint density at radius 2 is 1.82 bits per heavy atom. The van der Waals surface area contributed by atoms with Crippen LogP contribution in [0.1, 0.15) is 13.8 Å². The second kappa shape index (κ2) is 8.03. The van der Waals surface area contributed by atoms with Crippen molar-refractivity contribution in [2.45, 2.75) is 13.8 Å². The maximum Gasteiger partial charge on any atom is 0.191 e. The van der Waals surface area contributed by atoms with Gasteiger partial charge in [-0.15, -0.1) is 0 Å². The second-order valence-electron chi connectivity index (χ2n) is 4.91. The van der Waals surface area contributed by atoms with Crippen LogP contribution in [-0.2, 0) is 0 Å². The molecule has 0 fully saturated rings. The molecule has 22 heavy (non-hydrogen) atoms. The molecule has 0 aliphatic heterocycles. The van der Waals surface area contributed by atoms with Crippen LogP contribution in [0.15, 0.2) is 45.9 Å². The summed E-state index contributed by atoms with van der Waals surface area (Å²) in [6, 6.07) is 12.3. The van der Waals surface area contributed by atoms with Crippen molar-refractivity contribution < 1.29 is 4.74 Å². The van der Waals surface area contributed by atoms with E-state index in [1.54, 1.807) is 0 Å². The summed E-state index contributed by atoms with van der Waals surface area (Å²) < 4.78 is 6.83. The first-order chi connectivity index (χ1) is 10.6. The van der Waals surface area contributed by atoms with Crippen LogP contribution in [0, 0.1) is 0 Å². The Kier molecular flexibility index (Phi) is 6.07. The number of rotatable bonds is 6. The fraction of sp³-hybridized carbons (Fsp3) is 0.353. The molecule has 0 radical (unpaired) electrons. The van der Waals surface area contributed by atoms with Crippen LogP contribution in [0.4, 0.5) is 0 Å². The summed E-state index contributed by atoms with van der Waals surface area (Å²) in [4.78, 5) is 6.37. The van der Waals surface area contributed by atoms with Gasteiger partial charge in [0.25, 0.3) is 0 Å². The number of halogens is 1. The molecule has 2 aromatic rings. The average Bonchev–Trinajstić information content (AvgIpc) is 2.52. The Morgan fingerprint density at radius 3 is 2.55 bits per heavy atom. The van der Waals surface area contributed by atoms with Crippen LogP contribution >= 0.6 is 15.9 Å². The number of benzene rings is 2. The molecule has 0 aliphatic rings. The van der Waals surface area contributed by atoms with Gasteiger partial charge in [0.05, 0.1) is 6.54 Å². The number of guanidine groups is 1. The Balaban J connectivity index is 1.92. The van der Waals surface area contributed by atoms with Crippen molar-refractivity contribution in [2.75, 3.05) is 26.2 Å². The fourth-order valence-corrected chi connectivity index (χ4v) is 2.63. The lowest BCUT2D eigenvalue weighted by Gasteiger charge is -2.19. The van der Waals surface area contributed by atoms with E-state index < -0.39 is 0 Å². The van der Waals surface area contributed by atoms with Crippen LogP contribution in [0.2, 0.25) is 0 Å². The van der Waals surface area contributed by atoms with Gasteiger partial charge in [0.15, 0.2) is 5.96 Å². The summed E-state index contributed by atoms with van der Waals surface area (Å²) in [5.41, 5.74) is 5.92. The number of nitrogens with zero attached hydrogens (tertiary/aromatic N) is 2. The number of fused-ring (bicyclic) bond motifs is 1. The van der Waals surface area contributed by atoms with Crippen LogP contribution in [0.3, 0.4) is 0 Å². The summed E-state index contributed by atoms with van der Waals surface area (Å²) in [7, 11) is 0. The summed E-state index contributed by atoms with van der Waals surface area (Å²) in [5, 5.41) is 2.34. The Hall–Kier alpha value is -1.75. The normalized spacial score (nSPS) is 11.7. The van der Waals surface area contributed by atoms with E-state index in [0.717, 1.165) is 28.7 Å². The second-order valence-corrected chi connectivity index (χ2v) is 5.83. The van der Waals surface area contributed by atoms with Gasteiger partial charge in [-0.3, -0.25) is 0 Å². The fourth-order valence-electron chi connectivity index (χ4n) is 2.26. The zero-order valence-corrected chi connectivity index (χ0v) is 14.6. The monoisotopic (exact) mass is 363 g/mol. The van der Waals surface area contributed by atoms with Gasteiger partial charge in [-0.05, 0) is 48.9 Å². The first kappa shape index (κ1) is 16.6. The Morgan fingerprint density at radius 1 is 1.14 bits per heavy atom. The number of nitrogens with two attached hydrogens (primary N) is 1. The largest absolute Gasteiger partial charge is 0.492 e. The Labute approximate surface area is 140 Å². The highest BCUT2D eigenvalue weighted by Crippen LogP contribution is 2.24. The number of hydrogen-bond acceptors (Lipinski definition) is 2. The van der Waals surface area contributed by atoms with Gasteiger partial charge >= 0.3 is 0 Å². The van der Waals surface area contributed by atoms with Crippen LogP contribution in [-0.4, -0.2) is 37.1 Å². The molecule has 0 saturated heterocycles. The van der Waals surface area contributed by atoms with Crippen molar-refractivity contribution >= 4 is 32.7 Å². The lowest BCUT2D eigenvalue weighted by Crippen LogP contribution is -2.37. The lowest BCUT2D eigenvalue weighted by atomic mass is 10.1. The van der Waals surface area contributed by atoms with Crippen molar-refractivity contribution in [1.29, 1.82) is 0 Å². The standard InChI is InChI=1S/C17H22BrN3O/c1-3-21(4-2)17(19)20-9-10-22-16-8-6-13-11-15(18)7-5-14(13)12-16/h5-8,11-12H,3-4,9-10H2,1-2H3,(H2,19,20). The molecular weight excluding hydrogens is 342 g/mol. The predicted molar refractivity (Wildman–Crippen MR) is 96.6 cm³/mol. The molecule has 0 aliphatic carbocycles. The van der Waals surface area contributed by atoms with E-state index in [2.05, 4.69) is 53.0 Å². The van der Waals surface area contributed by atoms with Crippen molar-refractivity contribution in [3.8, 4) is 5.75 Å². The maximum absolute atomic E-state index is 5.92. The maximum atomic E-state index is 5.92. The summed E-state index contributed by atoms with van der Waals surface area (Å²) in [6.45, 7) is 6.94. The molecular formula is C17H22BrN3O. The van der Waals surface area contributed by atoms with Gasteiger partial charge in [-0.25, -0.2) is 4.99 Å². The zero-order valence-electron chi connectivity index (χ0n) is 13.1. The first-order valence-electron chi connectivity index (χ1n) is 7.51. The summed E-state index contributed by atoms with van der Waals surface area (Å²) in [5.74, 6) is 1.43. The Bertz CT molecular complexity index is 653. The SMILES string of the molecule is CCN(CC)C(N)=NCCOc1ccc2cc(Br)ccc2c1. The minimum atomic E-state index is 0.518. The molecule has 118 valence electrons. The number of aliphatic imine (C=N–C) groups is 1. The topological polar surface area (TPSA) is 50.8 Å². The smallest absolute Gasteiger partial charge is 0.191 e. The highest BCUT2D eigenvalue weighted by molar-refractivity contribution is 9.10. The molecule has 0 spiro atoms. The number of hydrogen-bond donors (Lipinski definition) is 1. The molecule has 2 aromatic carbocycles. The van der Waals surface area contributed by atoms with Crippen LogP contribution in [0.25, 0.3) is 10.8 Å². The van der Waals surface area contributed by atoms with E-state index in [1.807, 2.05) is 23.1 Å². The molecule has 4 nitrogen and oxygen atoms in total. The average molecular weight is 364 g/mol. The van der Waals surface area contributed by atoms with Gasteiger partial charge in [-0.2, -0.15) is 0 Å². The zero-order chi connectivity index (χ0) is 15.9. The molecule has 2 rings (SSSR count). The lowest BCUT2D eigenvalue weighted by molar-refractivity contribution is 0.328. The predicted octanol–water partition coefficient (Wildman–Crippen LogP) is 3.64. The number of ether oxygens (including phenoxy) is 1. The van der Waals surface area contributed by atoms with Gasteiger partial charge in [0, 0.05) is 17.6 Å². The van der Waals surface area contributed by atoms with Gasteiger partial charge in [-0.1, -0.05) is 28.1 Å². The molecule has 0 unspecified atom stereocenters. The van der Waals surface area contributed by atoms with Crippen molar-refractivity contribution in [2.24, 2.45) is 10.7 Å². The molecule has 0 heterocycles. The van der Waals surface area contributed by atoms with Crippen molar-refractivity contribution in [3.05, 3.63) is 40.9 Å². The van der Waals surface area contributed by atoms with E-state index in [-0.39, 0.29) is 0 Å². The molecule has 0 aromatic heterocycles. The molecule has 2 N–H and O–H groups in total. The van der Waals surface area contributed by atoms with Gasteiger partial charge < -0.3 is 15.4 Å². The molecule has 0 saturated carbocycles. The third-order valence-electron chi connectivity index (χ3n) is 3.50. The molecule has 0 atom stereocenters. The first-order valence-corrected chi connectivity index (χ1v) is 8.30. The molecule has 5 heteroatoms. The van der Waals surface area contributed by atoms with E-state index >= 15 is 0 Å². The van der Waals surface area contributed by atoms with Gasteiger partial charge in [0.2, 0.25) is 0 Å². The van der Waals surface area contributed by atoms with Gasteiger partial charge in [0.1, 0.15) is 12.4 Å². The third-order valence-corrected chi connectivity index (χ3v) is 3.99. The van der Waals surface area contributed by atoms with Crippen molar-refractivity contribution in [1.82, 2.24) is 4.90 Å². The minimum Gasteiger partial charge on any atom is -0.492 e.